The number of amides is 3. The van der Waals surface area contributed by atoms with Crippen LogP contribution in [0, 0.1) is 0 Å². The summed E-state index contributed by atoms with van der Waals surface area (Å²) >= 11 is 0. The number of hydrogen-bond donors (Lipinski definition) is 4. The number of nitrogens with one attached hydrogen (secondary N) is 3. The molecule has 18 heavy (non-hydrogen) atoms. The summed E-state index contributed by atoms with van der Waals surface area (Å²) in [7, 11) is 0. The van der Waals surface area contributed by atoms with Crippen LogP contribution in [0.5, 0.6) is 5.75 Å². The number of fused-ring (bicyclic) bond motifs is 1. The van der Waals surface area contributed by atoms with Crippen LogP contribution in [-0.2, 0) is 11.2 Å². The highest BCUT2D eigenvalue weighted by atomic mass is 16.3. The number of aromatic hydroxyl groups is 1. The zero-order chi connectivity index (χ0) is 12.7. The molecule has 92 valence electrons. The van der Waals surface area contributed by atoms with Gasteiger partial charge in [0, 0.05) is 23.5 Å². The summed E-state index contributed by atoms with van der Waals surface area (Å²) in [6.45, 7) is 0. The number of aromatic amines is 1. The van der Waals surface area contributed by atoms with Crippen molar-refractivity contribution in [1.29, 1.82) is 0 Å². The Morgan fingerprint density at radius 2 is 2.11 bits per heavy atom. The predicted octanol–water partition coefficient (Wildman–Crippen LogP) is 0.624. The normalized spacial score (nSPS) is 19.0. The third-order valence-corrected chi connectivity index (χ3v) is 3.03. The molecule has 0 aliphatic carbocycles. The number of phenols is 1. The van der Waals surface area contributed by atoms with Crippen LogP contribution in [0.2, 0.25) is 0 Å². The maximum Gasteiger partial charge on any atom is 0.322 e. The van der Waals surface area contributed by atoms with Crippen molar-refractivity contribution in [3.05, 3.63) is 30.0 Å². The maximum absolute atomic E-state index is 11.5. The Morgan fingerprint density at radius 3 is 2.83 bits per heavy atom. The SMILES string of the molecule is O=C1NC(=O)[C@H](Cc2c[nH]c3ccc(O)cc23)N1. The van der Waals surface area contributed by atoms with E-state index >= 15 is 0 Å². The number of carbonyl (C=O) groups excluding carboxylic acids is 2. The summed E-state index contributed by atoms with van der Waals surface area (Å²) in [5.41, 5.74) is 1.76. The number of phenolic OH excluding ortho intramolecular Hbond substituents is 1. The van der Waals surface area contributed by atoms with Gasteiger partial charge in [-0.05, 0) is 23.8 Å². The van der Waals surface area contributed by atoms with E-state index in [4.69, 9.17) is 0 Å². The van der Waals surface area contributed by atoms with Gasteiger partial charge in [0.05, 0.1) is 0 Å². The third-order valence-electron chi connectivity index (χ3n) is 3.03. The fourth-order valence-corrected chi connectivity index (χ4v) is 2.16. The standard InChI is InChI=1S/C12H11N3O3/c16-7-1-2-9-8(4-7)6(5-13-9)3-10-11(17)15-12(18)14-10/h1-2,4-5,10,13,16H,3H2,(H2,14,15,17,18)/t10-/m0/s1. The van der Waals surface area contributed by atoms with Gasteiger partial charge < -0.3 is 15.4 Å². The summed E-state index contributed by atoms with van der Waals surface area (Å²) < 4.78 is 0. The Morgan fingerprint density at radius 1 is 1.28 bits per heavy atom. The van der Waals surface area contributed by atoms with Crippen LogP contribution in [0.25, 0.3) is 10.9 Å². The lowest BCUT2D eigenvalue weighted by Gasteiger charge is -2.05. The van der Waals surface area contributed by atoms with Gasteiger partial charge in [0.2, 0.25) is 0 Å². The van der Waals surface area contributed by atoms with E-state index in [1.165, 1.54) is 0 Å². The molecule has 6 nitrogen and oxygen atoms in total. The van der Waals surface area contributed by atoms with E-state index in [0.29, 0.717) is 6.42 Å². The Kier molecular flexibility index (Phi) is 2.22. The van der Waals surface area contributed by atoms with Gasteiger partial charge in [-0.15, -0.1) is 0 Å². The molecular weight excluding hydrogens is 234 g/mol. The summed E-state index contributed by atoms with van der Waals surface area (Å²) in [5.74, 6) is -0.155. The van der Waals surface area contributed by atoms with Crippen molar-refractivity contribution in [2.24, 2.45) is 0 Å². The van der Waals surface area contributed by atoms with Gasteiger partial charge in [-0.1, -0.05) is 0 Å². The van der Waals surface area contributed by atoms with Crippen LogP contribution in [-0.4, -0.2) is 28.1 Å². The molecule has 1 saturated heterocycles. The summed E-state index contributed by atoms with van der Waals surface area (Å²) in [6.07, 6.45) is 2.17. The maximum atomic E-state index is 11.5. The number of imide groups is 1. The lowest BCUT2D eigenvalue weighted by atomic mass is 10.1. The minimum Gasteiger partial charge on any atom is -0.508 e. The fraction of sp³-hybridized carbons (Fsp3) is 0.167. The van der Waals surface area contributed by atoms with Gasteiger partial charge >= 0.3 is 6.03 Å². The van der Waals surface area contributed by atoms with Crippen LogP contribution >= 0.6 is 0 Å². The number of benzene rings is 1. The van der Waals surface area contributed by atoms with Crippen molar-refractivity contribution >= 4 is 22.8 Å². The third kappa shape index (κ3) is 1.67. The largest absolute Gasteiger partial charge is 0.508 e. The Balaban J connectivity index is 1.93. The highest BCUT2D eigenvalue weighted by Crippen LogP contribution is 2.24. The minimum absolute atomic E-state index is 0.170. The average molecular weight is 245 g/mol. The quantitative estimate of drug-likeness (QED) is 0.584. The lowest BCUT2D eigenvalue weighted by Crippen LogP contribution is -2.30. The van der Waals surface area contributed by atoms with Gasteiger partial charge in [0.25, 0.3) is 5.91 Å². The Labute approximate surface area is 102 Å². The Hall–Kier alpha value is -2.50. The fourth-order valence-electron chi connectivity index (χ4n) is 2.16. The van der Waals surface area contributed by atoms with Gasteiger partial charge in [-0.25, -0.2) is 4.79 Å². The van der Waals surface area contributed by atoms with E-state index in [-0.39, 0.29) is 11.7 Å². The summed E-state index contributed by atoms with van der Waals surface area (Å²) in [5, 5.41) is 15.1. The zero-order valence-electron chi connectivity index (χ0n) is 9.36. The van der Waals surface area contributed by atoms with E-state index in [1.54, 1.807) is 24.4 Å². The molecule has 0 bridgehead atoms. The molecule has 6 heteroatoms. The first-order chi connectivity index (χ1) is 8.63. The molecular formula is C12H11N3O3. The highest BCUT2D eigenvalue weighted by Gasteiger charge is 2.29. The number of carbonyl (C=O) groups is 2. The molecule has 0 radical (unpaired) electrons. The monoisotopic (exact) mass is 245 g/mol. The van der Waals surface area contributed by atoms with Crippen LogP contribution in [0.3, 0.4) is 0 Å². The molecule has 1 aliphatic rings. The molecule has 0 unspecified atom stereocenters. The topological polar surface area (TPSA) is 94.2 Å². The average Bonchev–Trinajstić information content (AvgIpc) is 2.84. The molecule has 1 aromatic carbocycles. The molecule has 1 aromatic heterocycles. The smallest absolute Gasteiger partial charge is 0.322 e. The van der Waals surface area contributed by atoms with Gasteiger partial charge in [0.1, 0.15) is 11.8 Å². The van der Waals surface area contributed by atoms with E-state index < -0.39 is 12.1 Å². The van der Waals surface area contributed by atoms with E-state index in [2.05, 4.69) is 15.6 Å². The molecule has 3 rings (SSSR count). The summed E-state index contributed by atoms with van der Waals surface area (Å²) in [6, 6.07) is 3.97. The van der Waals surface area contributed by atoms with Gasteiger partial charge in [-0.2, -0.15) is 0 Å². The first-order valence-electron chi connectivity index (χ1n) is 5.54. The number of aromatic nitrogens is 1. The molecule has 2 heterocycles. The molecule has 0 saturated carbocycles. The number of urea groups is 1. The summed E-state index contributed by atoms with van der Waals surface area (Å²) in [4.78, 5) is 25.5. The molecule has 1 aliphatic heterocycles. The first kappa shape index (κ1) is 10.6. The van der Waals surface area contributed by atoms with Crippen LogP contribution in [0.15, 0.2) is 24.4 Å². The molecule has 3 amide bonds. The van der Waals surface area contributed by atoms with Crippen molar-refractivity contribution in [3.8, 4) is 5.75 Å². The van der Waals surface area contributed by atoms with Crippen molar-refractivity contribution in [2.45, 2.75) is 12.5 Å². The van der Waals surface area contributed by atoms with E-state index in [0.717, 1.165) is 16.5 Å². The lowest BCUT2D eigenvalue weighted by molar-refractivity contribution is -0.120. The van der Waals surface area contributed by atoms with Crippen molar-refractivity contribution in [2.75, 3.05) is 0 Å². The second-order valence-electron chi connectivity index (χ2n) is 4.26. The number of H-pyrrole nitrogens is 1. The highest BCUT2D eigenvalue weighted by molar-refractivity contribution is 6.04. The van der Waals surface area contributed by atoms with Crippen LogP contribution < -0.4 is 10.6 Å². The molecule has 2 aromatic rings. The second-order valence-corrected chi connectivity index (χ2v) is 4.26. The van der Waals surface area contributed by atoms with Crippen molar-refractivity contribution < 1.29 is 14.7 Å². The number of rotatable bonds is 2. The Bertz CT molecular complexity index is 647. The minimum atomic E-state index is -0.557. The molecule has 4 N–H and O–H groups in total. The number of hydrogen-bond acceptors (Lipinski definition) is 3. The molecule has 1 atom stereocenters. The van der Waals surface area contributed by atoms with Crippen molar-refractivity contribution in [3.63, 3.8) is 0 Å². The van der Waals surface area contributed by atoms with Crippen molar-refractivity contribution in [1.82, 2.24) is 15.6 Å². The van der Waals surface area contributed by atoms with Gasteiger partial charge in [-0.3, -0.25) is 10.1 Å². The van der Waals surface area contributed by atoms with E-state index in [9.17, 15) is 14.7 Å². The predicted molar refractivity (Wildman–Crippen MR) is 64.1 cm³/mol. The molecule has 1 fully saturated rings. The van der Waals surface area contributed by atoms with Crippen LogP contribution in [0.1, 0.15) is 5.56 Å². The molecule has 0 spiro atoms. The first-order valence-corrected chi connectivity index (χ1v) is 5.54. The van der Waals surface area contributed by atoms with E-state index in [1.807, 2.05) is 0 Å². The second kappa shape index (κ2) is 3.76. The zero-order valence-corrected chi connectivity index (χ0v) is 9.36. The van der Waals surface area contributed by atoms with Crippen LogP contribution in [0.4, 0.5) is 4.79 Å². The van der Waals surface area contributed by atoms with Gasteiger partial charge in [0.15, 0.2) is 0 Å².